The average Bonchev–Trinajstić information content (AvgIpc) is 3.29. The lowest BCUT2D eigenvalue weighted by molar-refractivity contribution is 0.865. The van der Waals surface area contributed by atoms with Crippen molar-refractivity contribution >= 4 is 33.6 Å². The van der Waals surface area contributed by atoms with Gasteiger partial charge in [0.2, 0.25) is 0 Å². The molecule has 3 heterocycles. The second-order valence-corrected chi connectivity index (χ2v) is 9.39. The number of imidazole rings is 1. The zero-order valence-electron chi connectivity index (χ0n) is 18.9. The van der Waals surface area contributed by atoms with Crippen LogP contribution in [0.1, 0.15) is 22.1 Å². The molecule has 0 spiro atoms. The van der Waals surface area contributed by atoms with Crippen molar-refractivity contribution in [3.63, 3.8) is 0 Å². The first-order valence-electron chi connectivity index (χ1n) is 10.6. The molecule has 1 N–H and O–H groups in total. The van der Waals surface area contributed by atoms with Gasteiger partial charge in [-0.25, -0.2) is 15.0 Å². The number of thiazole rings is 1. The van der Waals surface area contributed by atoms with Crippen molar-refractivity contribution in [3.05, 3.63) is 76.9 Å². The van der Waals surface area contributed by atoms with E-state index in [-0.39, 0.29) is 0 Å². The van der Waals surface area contributed by atoms with Crippen LogP contribution in [0.5, 0.6) is 0 Å². The minimum absolute atomic E-state index is 0.832. The molecule has 0 atom stereocenters. The lowest BCUT2D eigenvalue weighted by atomic mass is 10.1. The molecule has 5 aromatic rings. The Kier molecular flexibility index (Phi) is 5.02. The Morgan fingerprint density at radius 2 is 1.66 bits per heavy atom. The van der Waals surface area contributed by atoms with Crippen LogP contribution in [0.2, 0.25) is 0 Å². The molecule has 2 aromatic carbocycles. The third-order valence-corrected chi connectivity index (χ3v) is 7.01. The van der Waals surface area contributed by atoms with E-state index in [1.807, 2.05) is 26.4 Å². The van der Waals surface area contributed by atoms with Crippen LogP contribution in [0.3, 0.4) is 0 Å². The van der Waals surface area contributed by atoms with Crippen LogP contribution in [0.4, 0.5) is 11.5 Å². The van der Waals surface area contributed by atoms with Crippen LogP contribution in [-0.4, -0.2) is 19.5 Å². The van der Waals surface area contributed by atoms with E-state index in [0.717, 1.165) is 55.6 Å². The van der Waals surface area contributed by atoms with Gasteiger partial charge in [-0.2, -0.15) is 0 Å². The molecule has 0 aliphatic carbocycles. The smallest absolute Gasteiger partial charge is 0.130 e. The molecular weight excluding hydrogens is 414 g/mol. The second-order valence-electron chi connectivity index (χ2n) is 8.18. The molecule has 3 aromatic heterocycles. The molecule has 0 fully saturated rings. The number of rotatable bonds is 4. The summed E-state index contributed by atoms with van der Waals surface area (Å²) in [6.45, 7) is 8.25. The van der Waals surface area contributed by atoms with Gasteiger partial charge in [0.05, 0.1) is 27.5 Å². The zero-order valence-corrected chi connectivity index (χ0v) is 19.7. The van der Waals surface area contributed by atoms with Crippen LogP contribution < -0.4 is 5.32 Å². The molecule has 5 rings (SSSR count). The van der Waals surface area contributed by atoms with Gasteiger partial charge in [-0.05, 0) is 68.5 Å². The van der Waals surface area contributed by atoms with Gasteiger partial charge in [0.1, 0.15) is 11.6 Å². The number of fused-ring (bicyclic) bond motifs is 1. The minimum Gasteiger partial charge on any atom is -0.340 e. The number of benzene rings is 2. The molecule has 0 bridgehead atoms. The van der Waals surface area contributed by atoms with Gasteiger partial charge in [-0.15, -0.1) is 11.3 Å². The van der Waals surface area contributed by atoms with E-state index in [9.17, 15) is 0 Å². The third kappa shape index (κ3) is 3.67. The number of aromatic nitrogens is 4. The molecule has 0 saturated heterocycles. The summed E-state index contributed by atoms with van der Waals surface area (Å²) < 4.78 is 2.11. The average molecular weight is 440 g/mol. The van der Waals surface area contributed by atoms with E-state index < -0.39 is 0 Å². The molecule has 0 unspecified atom stereocenters. The Morgan fingerprint density at radius 1 is 0.844 bits per heavy atom. The topological polar surface area (TPSA) is 55.6 Å². The number of hydrogen-bond donors (Lipinski definition) is 1. The molecular formula is C26H25N5S. The SMILES string of the molecule is Cc1nc(C)c(-c2ccc3cnc(Nc4ccc(-c5cnc(C)n5C)cc4C)cc3c2)s1. The first-order valence-corrected chi connectivity index (χ1v) is 11.4. The van der Waals surface area contributed by atoms with Gasteiger partial charge < -0.3 is 9.88 Å². The fourth-order valence-corrected chi connectivity index (χ4v) is 4.94. The zero-order chi connectivity index (χ0) is 22.4. The van der Waals surface area contributed by atoms with Crippen molar-refractivity contribution in [2.75, 3.05) is 5.32 Å². The summed E-state index contributed by atoms with van der Waals surface area (Å²) in [6, 6.07) is 15.0. The fraction of sp³-hybridized carbons (Fsp3) is 0.192. The maximum atomic E-state index is 4.63. The van der Waals surface area contributed by atoms with Crippen molar-refractivity contribution < 1.29 is 0 Å². The number of pyridine rings is 1. The van der Waals surface area contributed by atoms with Gasteiger partial charge in [-0.1, -0.05) is 18.2 Å². The lowest BCUT2D eigenvalue weighted by Gasteiger charge is -2.12. The molecule has 6 heteroatoms. The second kappa shape index (κ2) is 7.88. The van der Waals surface area contributed by atoms with Gasteiger partial charge in [0.25, 0.3) is 0 Å². The van der Waals surface area contributed by atoms with Crippen molar-refractivity contribution in [2.45, 2.75) is 27.7 Å². The molecule has 0 amide bonds. The number of aryl methyl sites for hydroxylation is 4. The largest absolute Gasteiger partial charge is 0.340 e. The van der Waals surface area contributed by atoms with Gasteiger partial charge in [0.15, 0.2) is 0 Å². The molecule has 32 heavy (non-hydrogen) atoms. The number of nitrogens with one attached hydrogen (secondary N) is 1. The molecule has 0 aliphatic rings. The highest BCUT2D eigenvalue weighted by molar-refractivity contribution is 7.15. The van der Waals surface area contributed by atoms with Crippen LogP contribution in [0, 0.1) is 27.7 Å². The maximum Gasteiger partial charge on any atom is 0.130 e. The summed E-state index contributed by atoms with van der Waals surface area (Å²) in [5, 5.41) is 6.87. The third-order valence-electron chi connectivity index (χ3n) is 5.89. The molecule has 0 radical (unpaired) electrons. The summed E-state index contributed by atoms with van der Waals surface area (Å²) in [6.07, 6.45) is 3.85. The quantitative estimate of drug-likeness (QED) is 0.337. The molecule has 160 valence electrons. The minimum atomic E-state index is 0.832. The Morgan fingerprint density at radius 3 is 2.34 bits per heavy atom. The lowest BCUT2D eigenvalue weighted by Crippen LogP contribution is -1.98. The summed E-state index contributed by atoms with van der Waals surface area (Å²) in [5.74, 6) is 1.84. The monoisotopic (exact) mass is 439 g/mol. The van der Waals surface area contributed by atoms with E-state index in [1.54, 1.807) is 11.3 Å². The summed E-state index contributed by atoms with van der Waals surface area (Å²) in [5.41, 5.74) is 6.75. The fourth-order valence-electron chi connectivity index (χ4n) is 4.02. The van der Waals surface area contributed by atoms with Gasteiger partial charge >= 0.3 is 0 Å². The normalized spacial score (nSPS) is 11.3. The number of anilines is 2. The van der Waals surface area contributed by atoms with E-state index in [2.05, 4.69) is 88.1 Å². The Balaban J connectivity index is 1.46. The van der Waals surface area contributed by atoms with Crippen molar-refractivity contribution in [1.82, 2.24) is 19.5 Å². The van der Waals surface area contributed by atoms with Crippen LogP contribution in [0.15, 0.2) is 54.9 Å². The van der Waals surface area contributed by atoms with Gasteiger partial charge in [-0.3, -0.25) is 0 Å². The van der Waals surface area contributed by atoms with E-state index >= 15 is 0 Å². The molecule has 0 aliphatic heterocycles. The first-order chi connectivity index (χ1) is 15.4. The predicted molar refractivity (Wildman–Crippen MR) is 134 cm³/mol. The molecule has 5 nitrogen and oxygen atoms in total. The van der Waals surface area contributed by atoms with E-state index in [1.165, 1.54) is 10.4 Å². The first kappa shape index (κ1) is 20.4. The van der Waals surface area contributed by atoms with Crippen molar-refractivity contribution in [3.8, 4) is 21.7 Å². The predicted octanol–water partition coefficient (Wildman–Crippen LogP) is 6.74. The van der Waals surface area contributed by atoms with Crippen molar-refractivity contribution in [2.24, 2.45) is 7.05 Å². The van der Waals surface area contributed by atoms with Gasteiger partial charge in [0, 0.05) is 29.9 Å². The number of nitrogens with zero attached hydrogens (tertiary/aromatic N) is 4. The summed E-state index contributed by atoms with van der Waals surface area (Å²) in [4.78, 5) is 14.8. The summed E-state index contributed by atoms with van der Waals surface area (Å²) >= 11 is 1.74. The standard InChI is InChI=1S/C26H25N5S/c1-15-10-19(24-14-27-17(3)31(24)5)8-9-23(15)30-25-12-22-11-20(6-7-21(22)13-28-25)26-16(2)29-18(4)32-26/h6-14H,1-5H3,(H,28,30). The highest BCUT2D eigenvalue weighted by atomic mass is 32.1. The van der Waals surface area contributed by atoms with Crippen LogP contribution in [-0.2, 0) is 7.05 Å². The summed E-state index contributed by atoms with van der Waals surface area (Å²) in [7, 11) is 2.04. The Bertz CT molecular complexity index is 1460. The Hall–Kier alpha value is -3.51. The Labute approximate surface area is 191 Å². The van der Waals surface area contributed by atoms with Crippen LogP contribution in [0.25, 0.3) is 32.5 Å². The number of hydrogen-bond acceptors (Lipinski definition) is 5. The molecule has 0 saturated carbocycles. The highest BCUT2D eigenvalue weighted by Gasteiger charge is 2.10. The maximum absolute atomic E-state index is 4.63. The van der Waals surface area contributed by atoms with Crippen LogP contribution >= 0.6 is 11.3 Å². The van der Waals surface area contributed by atoms with Crippen molar-refractivity contribution in [1.29, 1.82) is 0 Å². The van der Waals surface area contributed by atoms with E-state index in [0.29, 0.717) is 0 Å². The highest BCUT2D eigenvalue weighted by Crippen LogP contribution is 2.33. The van der Waals surface area contributed by atoms with E-state index in [4.69, 9.17) is 0 Å².